The van der Waals surface area contributed by atoms with Gasteiger partial charge in [-0.2, -0.15) is 4.98 Å². The van der Waals surface area contributed by atoms with E-state index in [1.165, 1.54) is 0 Å². The van der Waals surface area contributed by atoms with Gasteiger partial charge in [0.25, 0.3) is 5.89 Å². The van der Waals surface area contributed by atoms with E-state index in [4.69, 9.17) is 9.26 Å². The first-order valence-corrected chi connectivity index (χ1v) is 7.50. The number of likely N-dealkylation sites (N-methyl/N-ethyl adjacent to an activating group) is 1. The fraction of sp³-hybridized carbons (Fsp3) is 0.500. The monoisotopic (exact) mass is 381 g/mol. The molecule has 1 atom stereocenters. The number of methoxy groups -OCH3 is 1. The summed E-state index contributed by atoms with van der Waals surface area (Å²) in [4.78, 5) is 6.41. The average molecular weight is 383 g/mol. The lowest BCUT2D eigenvalue weighted by Crippen LogP contribution is -2.24. The van der Waals surface area contributed by atoms with Crippen molar-refractivity contribution < 1.29 is 9.26 Å². The van der Waals surface area contributed by atoms with Crippen molar-refractivity contribution in [2.45, 2.75) is 26.3 Å². The van der Waals surface area contributed by atoms with Crippen LogP contribution in [0, 0.1) is 6.92 Å². The molecule has 2 rings (SSSR count). The van der Waals surface area contributed by atoms with E-state index in [1.807, 2.05) is 14.0 Å². The number of halogens is 2. The minimum atomic E-state index is 0. The zero-order chi connectivity index (χ0) is 14.0. The van der Waals surface area contributed by atoms with Crippen LogP contribution in [0.3, 0.4) is 0 Å². The molecule has 0 saturated heterocycles. The molecule has 0 aromatic carbocycles. The summed E-state index contributed by atoms with van der Waals surface area (Å²) in [6.07, 6.45) is 0.730. The van der Waals surface area contributed by atoms with Crippen LogP contribution >= 0.6 is 39.7 Å². The second-order valence-corrected chi connectivity index (χ2v) is 6.26. The highest BCUT2D eigenvalue weighted by Gasteiger charge is 2.21. The number of hydrogen-bond donors (Lipinski definition) is 1. The van der Waals surface area contributed by atoms with Gasteiger partial charge in [0.1, 0.15) is 4.88 Å². The lowest BCUT2D eigenvalue weighted by Gasteiger charge is -2.04. The van der Waals surface area contributed by atoms with E-state index in [-0.39, 0.29) is 12.4 Å². The SMILES string of the molecule is CNC(C)Cc1noc(-c2sc(C)c(Br)c2OC)n1.Cl. The smallest absolute Gasteiger partial charge is 0.271 e. The lowest BCUT2D eigenvalue weighted by atomic mass is 10.2. The van der Waals surface area contributed by atoms with Crippen molar-refractivity contribution >= 4 is 39.7 Å². The molecule has 0 aliphatic rings. The highest BCUT2D eigenvalue weighted by atomic mass is 79.9. The number of rotatable bonds is 5. The van der Waals surface area contributed by atoms with E-state index in [0.29, 0.717) is 17.8 Å². The molecule has 0 radical (unpaired) electrons. The summed E-state index contributed by atoms with van der Waals surface area (Å²) in [6.45, 7) is 4.09. The molecule has 2 aromatic rings. The van der Waals surface area contributed by atoms with E-state index in [0.717, 1.165) is 26.4 Å². The van der Waals surface area contributed by atoms with Crippen molar-refractivity contribution in [1.82, 2.24) is 15.5 Å². The van der Waals surface area contributed by atoms with Gasteiger partial charge in [0.15, 0.2) is 11.6 Å². The van der Waals surface area contributed by atoms with Crippen molar-refractivity contribution in [3.8, 4) is 16.5 Å². The van der Waals surface area contributed by atoms with Gasteiger partial charge in [-0.1, -0.05) is 5.16 Å². The van der Waals surface area contributed by atoms with Gasteiger partial charge < -0.3 is 14.6 Å². The maximum atomic E-state index is 5.39. The van der Waals surface area contributed by atoms with E-state index in [1.54, 1.807) is 18.4 Å². The Hall–Kier alpha value is -0.630. The van der Waals surface area contributed by atoms with Crippen molar-refractivity contribution in [2.24, 2.45) is 0 Å². The number of nitrogens with one attached hydrogen (secondary N) is 1. The number of aromatic nitrogens is 2. The Labute approximate surface area is 136 Å². The van der Waals surface area contributed by atoms with Crippen LogP contribution in [0.2, 0.25) is 0 Å². The predicted molar refractivity (Wildman–Crippen MR) is 86.1 cm³/mol. The van der Waals surface area contributed by atoms with Crippen LogP contribution < -0.4 is 10.1 Å². The maximum Gasteiger partial charge on any atom is 0.271 e. The van der Waals surface area contributed by atoms with Crippen LogP contribution in [0.1, 0.15) is 17.6 Å². The van der Waals surface area contributed by atoms with Crippen LogP contribution in [-0.2, 0) is 6.42 Å². The first kappa shape index (κ1) is 17.4. The molecule has 5 nitrogen and oxygen atoms in total. The molecule has 0 spiro atoms. The molecule has 1 N–H and O–H groups in total. The van der Waals surface area contributed by atoms with E-state index in [2.05, 4.69) is 38.3 Å². The molecule has 0 saturated carbocycles. The van der Waals surface area contributed by atoms with Crippen LogP contribution in [-0.4, -0.2) is 30.3 Å². The van der Waals surface area contributed by atoms with Crippen molar-refractivity contribution in [2.75, 3.05) is 14.2 Å². The number of ether oxygens (including phenoxy) is 1. The Morgan fingerprint density at radius 1 is 1.50 bits per heavy atom. The summed E-state index contributed by atoms with van der Waals surface area (Å²) in [5, 5.41) is 7.15. The Kier molecular flexibility index (Phi) is 6.44. The third kappa shape index (κ3) is 3.52. The van der Waals surface area contributed by atoms with Gasteiger partial charge in [0.05, 0.1) is 11.6 Å². The topological polar surface area (TPSA) is 60.2 Å². The predicted octanol–water partition coefficient (Wildman–Crippen LogP) is 3.45. The van der Waals surface area contributed by atoms with Gasteiger partial charge >= 0.3 is 0 Å². The number of nitrogens with zero attached hydrogens (tertiary/aromatic N) is 2. The molecule has 0 aliphatic heterocycles. The third-order valence-corrected chi connectivity index (χ3v) is 5.11. The minimum absolute atomic E-state index is 0. The fourth-order valence-corrected chi connectivity index (χ4v) is 3.30. The fourth-order valence-electron chi connectivity index (χ4n) is 1.63. The van der Waals surface area contributed by atoms with Gasteiger partial charge in [-0.05, 0) is 36.8 Å². The van der Waals surface area contributed by atoms with Gasteiger partial charge in [0, 0.05) is 17.3 Å². The third-order valence-electron chi connectivity index (χ3n) is 2.82. The molecule has 0 amide bonds. The molecule has 0 bridgehead atoms. The normalized spacial score (nSPS) is 12.1. The number of hydrogen-bond acceptors (Lipinski definition) is 6. The van der Waals surface area contributed by atoms with E-state index < -0.39 is 0 Å². The summed E-state index contributed by atoms with van der Waals surface area (Å²) in [5.41, 5.74) is 0. The van der Waals surface area contributed by atoms with Crippen molar-refractivity contribution in [3.63, 3.8) is 0 Å². The summed E-state index contributed by atoms with van der Waals surface area (Å²) < 4.78 is 11.7. The van der Waals surface area contributed by atoms with E-state index in [9.17, 15) is 0 Å². The molecule has 8 heteroatoms. The number of aryl methyl sites for hydroxylation is 1. The highest BCUT2D eigenvalue weighted by Crippen LogP contribution is 2.44. The second-order valence-electron chi connectivity index (χ2n) is 4.24. The highest BCUT2D eigenvalue weighted by molar-refractivity contribution is 9.10. The summed E-state index contributed by atoms with van der Waals surface area (Å²) in [7, 11) is 3.55. The lowest BCUT2D eigenvalue weighted by molar-refractivity contribution is 0.402. The second kappa shape index (κ2) is 7.40. The average Bonchev–Trinajstić information content (AvgIpc) is 2.95. The molecule has 2 heterocycles. The van der Waals surface area contributed by atoms with Crippen LogP contribution in [0.15, 0.2) is 9.00 Å². The Bertz CT molecular complexity index is 573. The molecule has 0 aliphatic carbocycles. The molecule has 112 valence electrons. The van der Waals surface area contributed by atoms with Gasteiger partial charge in [-0.25, -0.2) is 0 Å². The Morgan fingerprint density at radius 2 is 2.20 bits per heavy atom. The zero-order valence-corrected chi connectivity index (χ0v) is 14.9. The molecule has 1 unspecified atom stereocenters. The van der Waals surface area contributed by atoms with Gasteiger partial charge in [-0.15, -0.1) is 23.7 Å². The summed E-state index contributed by atoms with van der Waals surface area (Å²) in [5.74, 6) is 1.95. The van der Waals surface area contributed by atoms with Crippen molar-refractivity contribution in [3.05, 3.63) is 15.2 Å². The van der Waals surface area contributed by atoms with E-state index >= 15 is 0 Å². The molecular formula is C12H17BrClN3O2S. The van der Waals surface area contributed by atoms with Crippen LogP contribution in [0.25, 0.3) is 10.8 Å². The Balaban J connectivity index is 0.00000200. The molecule has 2 aromatic heterocycles. The van der Waals surface area contributed by atoms with Gasteiger partial charge in [-0.3, -0.25) is 0 Å². The first-order chi connectivity index (χ1) is 9.06. The largest absolute Gasteiger partial charge is 0.494 e. The minimum Gasteiger partial charge on any atom is -0.494 e. The van der Waals surface area contributed by atoms with Crippen LogP contribution in [0.5, 0.6) is 5.75 Å². The first-order valence-electron chi connectivity index (χ1n) is 5.89. The number of thiophene rings is 1. The maximum absolute atomic E-state index is 5.39. The quantitative estimate of drug-likeness (QED) is 0.858. The standard InChI is InChI=1S/C12H16BrN3O2S.ClH/c1-6(14-3)5-8-15-12(18-16-8)11-10(17-4)9(13)7(2)19-11;/h6,14H,5H2,1-4H3;1H. The van der Waals surface area contributed by atoms with Crippen molar-refractivity contribution in [1.29, 1.82) is 0 Å². The summed E-state index contributed by atoms with van der Waals surface area (Å²) >= 11 is 5.08. The summed E-state index contributed by atoms with van der Waals surface area (Å²) in [6, 6.07) is 0.309. The van der Waals surface area contributed by atoms with Crippen LogP contribution in [0.4, 0.5) is 0 Å². The molecule has 20 heavy (non-hydrogen) atoms. The molecule has 0 fully saturated rings. The zero-order valence-electron chi connectivity index (χ0n) is 11.7. The molecular weight excluding hydrogens is 366 g/mol. The van der Waals surface area contributed by atoms with Gasteiger partial charge in [0.2, 0.25) is 0 Å². The Morgan fingerprint density at radius 3 is 2.80 bits per heavy atom.